The first kappa shape index (κ1) is 14.1. The summed E-state index contributed by atoms with van der Waals surface area (Å²) >= 11 is 0. The lowest BCUT2D eigenvalue weighted by molar-refractivity contribution is -0.120. The van der Waals surface area contributed by atoms with Crippen LogP contribution in [-0.2, 0) is 11.2 Å². The number of anilines is 1. The maximum Gasteiger partial charge on any atom is 0.227 e. The summed E-state index contributed by atoms with van der Waals surface area (Å²) in [6.07, 6.45) is 2.81. The number of aryl methyl sites for hydroxylation is 2. The molecule has 0 aliphatic carbocycles. The Bertz CT molecular complexity index is 456. The zero-order chi connectivity index (χ0) is 13.8. The van der Waals surface area contributed by atoms with Crippen molar-refractivity contribution in [2.45, 2.75) is 46.1 Å². The van der Waals surface area contributed by atoms with Crippen LogP contribution in [-0.4, -0.2) is 18.5 Å². The minimum absolute atomic E-state index is 0.139. The van der Waals surface area contributed by atoms with Gasteiger partial charge in [0.1, 0.15) is 0 Å². The lowest BCUT2D eigenvalue weighted by Crippen LogP contribution is -2.40. The van der Waals surface area contributed by atoms with Gasteiger partial charge in [0.15, 0.2) is 0 Å². The fourth-order valence-electron chi connectivity index (χ4n) is 2.80. The lowest BCUT2D eigenvalue weighted by Gasteiger charge is -2.27. The van der Waals surface area contributed by atoms with E-state index in [9.17, 15) is 4.79 Å². The molecule has 1 aromatic rings. The Morgan fingerprint density at radius 3 is 2.95 bits per heavy atom. The van der Waals surface area contributed by atoms with E-state index in [1.54, 1.807) is 0 Å². The number of carbonyl (C=O) groups is 1. The monoisotopic (exact) mass is 260 g/mol. The summed E-state index contributed by atoms with van der Waals surface area (Å²) in [5.74, 6) is 0.318. The Balaban J connectivity index is 2.10. The molecule has 0 saturated carbocycles. The number of nitrogens with one attached hydrogen (secondary N) is 2. The van der Waals surface area contributed by atoms with Crippen LogP contribution in [0.4, 0.5) is 5.69 Å². The van der Waals surface area contributed by atoms with Gasteiger partial charge < -0.3 is 10.6 Å². The smallest absolute Gasteiger partial charge is 0.227 e. The minimum Gasteiger partial charge on any atom is -0.325 e. The molecule has 104 valence electrons. The van der Waals surface area contributed by atoms with Crippen molar-refractivity contribution < 1.29 is 4.79 Å². The van der Waals surface area contributed by atoms with Crippen LogP contribution in [0.3, 0.4) is 0 Å². The largest absolute Gasteiger partial charge is 0.325 e. The predicted molar refractivity (Wildman–Crippen MR) is 79.4 cm³/mol. The maximum absolute atomic E-state index is 12.4. The summed E-state index contributed by atoms with van der Waals surface area (Å²) in [6, 6.07) is 6.64. The third-order valence-electron chi connectivity index (χ3n) is 3.98. The third-order valence-corrected chi connectivity index (χ3v) is 3.98. The molecular formula is C16H24N2O. The van der Waals surface area contributed by atoms with Crippen molar-refractivity contribution in [1.29, 1.82) is 0 Å². The fraction of sp³-hybridized carbons (Fsp3) is 0.562. The number of para-hydroxylation sites is 1. The zero-order valence-corrected chi connectivity index (χ0v) is 12.1. The molecule has 1 saturated heterocycles. The summed E-state index contributed by atoms with van der Waals surface area (Å²) in [6.45, 7) is 7.26. The SMILES string of the molecule is CCc1cccc(C)c1NC(=O)[C@H]1CCN[C@@H](C)C1. The number of rotatable bonds is 3. The number of amides is 1. The van der Waals surface area contributed by atoms with Crippen molar-refractivity contribution in [2.24, 2.45) is 5.92 Å². The molecule has 2 rings (SSSR count). The van der Waals surface area contributed by atoms with Gasteiger partial charge in [-0.2, -0.15) is 0 Å². The second kappa shape index (κ2) is 6.20. The van der Waals surface area contributed by atoms with E-state index in [1.807, 2.05) is 0 Å². The van der Waals surface area contributed by atoms with Gasteiger partial charge in [0.05, 0.1) is 0 Å². The Hall–Kier alpha value is -1.35. The van der Waals surface area contributed by atoms with Gasteiger partial charge in [0, 0.05) is 17.6 Å². The molecule has 0 radical (unpaired) electrons. The van der Waals surface area contributed by atoms with E-state index >= 15 is 0 Å². The van der Waals surface area contributed by atoms with Crippen LogP contribution in [0.15, 0.2) is 18.2 Å². The topological polar surface area (TPSA) is 41.1 Å². The molecule has 0 bridgehead atoms. The number of hydrogen-bond acceptors (Lipinski definition) is 2. The molecule has 0 spiro atoms. The van der Waals surface area contributed by atoms with Crippen molar-refractivity contribution in [3.8, 4) is 0 Å². The summed E-state index contributed by atoms with van der Waals surface area (Å²) in [5.41, 5.74) is 3.38. The first-order valence-electron chi connectivity index (χ1n) is 7.24. The predicted octanol–water partition coefficient (Wildman–Crippen LogP) is 2.88. The molecular weight excluding hydrogens is 236 g/mol. The van der Waals surface area contributed by atoms with E-state index in [0.717, 1.165) is 37.1 Å². The van der Waals surface area contributed by atoms with E-state index in [4.69, 9.17) is 0 Å². The van der Waals surface area contributed by atoms with Crippen molar-refractivity contribution in [3.05, 3.63) is 29.3 Å². The highest BCUT2D eigenvalue weighted by molar-refractivity contribution is 5.94. The molecule has 1 heterocycles. The van der Waals surface area contributed by atoms with Gasteiger partial charge in [-0.05, 0) is 50.8 Å². The highest BCUT2D eigenvalue weighted by Gasteiger charge is 2.25. The van der Waals surface area contributed by atoms with Crippen molar-refractivity contribution >= 4 is 11.6 Å². The third kappa shape index (κ3) is 3.35. The van der Waals surface area contributed by atoms with Crippen LogP contribution in [0.5, 0.6) is 0 Å². The molecule has 1 amide bonds. The number of piperidine rings is 1. The van der Waals surface area contributed by atoms with E-state index in [0.29, 0.717) is 6.04 Å². The second-order valence-corrected chi connectivity index (χ2v) is 5.53. The normalized spacial score (nSPS) is 23.1. The molecule has 0 unspecified atom stereocenters. The van der Waals surface area contributed by atoms with Crippen molar-refractivity contribution in [2.75, 3.05) is 11.9 Å². The second-order valence-electron chi connectivity index (χ2n) is 5.53. The zero-order valence-electron chi connectivity index (χ0n) is 12.1. The van der Waals surface area contributed by atoms with E-state index in [2.05, 4.69) is 49.6 Å². The van der Waals surface area contributed by atoms with Crippen LogP contribution in [0.25, 0.3) is 0 Å². The first-order valence-corrected chi connectivity index (χ1v) is 7.24. The van der Waals surface area contributed by atoms with Crippen LogP contribution in [0.2, 0.25) is 0 Å². The number of hydrogen-bond donors (Lipinski definition) is 2. The Kier molecular flexibility index (Phi) is 4.59. The van der Waals surface area contributed by atoms with Gasteiger partial charge in [0.2, 0.25) is 5.91 Å². The average Bonchev–Trinajstić information content (AvgIpc) is 2.41. The molecule has 3 heteroatoms. The molecule has 1 fully saturated rings. The Morgan fingerprint density at radius 1 is 1.47 bits per heavy atom. The highest BCUT2D eigenvalue weighted by atomic mass is 16.1. The molecule has 1 aliphatic heterocycles. The van der Waals surface area contributed by atoms with Gasteiger partial charge in [-0.25, -0.2) is 0 Å². The van der Waals surface area contributed by atoms with Crippen LogP contribution >= 0.6 is 0 Å². The summed E-state index contributed by atoms with van der Waals surface area (Å²) in [5, 5.41) is 6.54. The molecule has 1 aliphatic rings. The Labute approximate surface area is 115 Å². The van der Waals surface area contributed by atoms with Gasteiger partial charge >= 0.3 is 0 Å². The van der Waals surface area contributed by atoms with Gasteiger partial charge in [-0.1, -0.05) is 25.1 Å². The summed E-state index contributed by atoms with van der Waals surface area (Å²) < 4.78 is 0. The number of benzene rings is 1. The van der Waals surface area contributed by atoms with Crippen LogP contribution in [0.1, 0.15) is 37.8 Å². The van der Waals surface area contributed by atoms with E-state index in [1.165, 1.54) is 5.56 Å². The van der Waals surface area contributed by atoms with Gasteiger partial charge in [-0.3, -0.25) is 4.79 Å². The maximum atomic E-state index is 12.4. The number of carbonyl (C=O) groups excluding carboxylic acids is 1. The lowest BCUT2D eigenvalue weighted by atomic mass is 9.92. The standard InChI is InChI=1S/C16H24N2O/c1-4-13-7-5-6-11(2)15(13)18-16(19)14-8-9-17-12(3)10-14/h5-7,12,14,17H,4,8-10H2,1-3H3,(H,18,19)/t12-,14-/m0/s1. The van der Waals surface area contributed by atoms with Crippen LogP contribution < -0.4 is 10.6 Å². The van der Waals surface area contributed by atoms with Gasteiger partial charge in [-0.15, -0.1) is 0 Å². The molecule has 2 atom stereocenters. The minimum atomic E-state index is 0.139. The molecule has 0 aromatic heterocycles. The van der Waals surface area contributed by atoms with Crippen molar-refractivity contribution in [1.82, 2.24) is 5.32 Å². The summed E-state index contributed by atoms with van der Waals surface area (Å²) in [7, 11) is 0. The quantitative estimate of drug-likeness (QED) is 0.877. The Morgan fingerprint density at radius 2 is 2.26 bits per heavy atom. The molecule has 19 heavy (non-hydrogen) atoms. The summed E-state index contributed by atoms with van der Waals surface area (Å²) in [4.78, 5) is 12.4. The van der Waals surface area contributed by atoms with E-state index < -0.39 is 0 Å². The molecule has 2 N–H and O–H groups in total. The van der Waals surface area contributed by atoms with Crippen LogP contribution in [0, 0.1) is 12.8 Å². The fourth-order valence-corrected chi connectivity index (χ4v) is 2.80. The molecule has 1 aromatic carbocycles. The van der Waals surface area contributed by atoms with E-state index in [-0.39, 0.29) is 11.8 Å². The average molecular weight is 260 g/mol. The molecule has 3 nitrogen and oxygen atoms in total. The highest BCUT2D eigenvalue weighted by Crippen LogP contribution is 2.24. The van der Waals surface area contributed by atoms with Gasteiger partial charge in [0.25, 0.3) is 0 Å². The van der Waals surface area contributed by atoms with Crippen molar-refractivity contribution in [3.63, 3.8) is 0 Å². The first-order chi connectivity index (χ1) is 9.11.